The number of ether oxygens (including phenoxy) is 5. The van der Waals surface area contributed by atoms with Crippen LogP contribution < -0.4 is 5.73 Å². The third-order valence-corrected chi connectivity index (χ3v) is 9.81. The molecule has 0 spiro atoms. The second kappa shape index (κ2) is 22.8. The highest BCUT2D eigenvalue weighted by molar-refractivity contribution is 7.13. The maximum absolute atomic E-state index is 13.9. The summed E-state index contributed by atoms with van der Waals surface area (Å²) in [7, 11) is 0. The second-order valence-electron chi connectivity index (χ2n) is 14.0. The van der Waals surface area contributed by atoms with E-state index in [1.165, 1.54) is 4.90 Å². The van der Waals surface area contributed by atoms with Crippen LogP contribution in [0.2, 0.25) is 0 Å². The summed E-state index contributed by atoms with van der Waals surface area (Å²) in [4.78, 5) is 57.9. The number of ketones is 2. The van der Waals surface area contributed by atoms with Crippen molar-refractivity contribution in [1.29, 1.82) is 0 Å². The molecule has 3 rings (SSSR count). The van der Waals surface area contributed by atoms with Gasteiger partial charge in [-0.1, -0.05) is 45.0 Å². The lowest BCUT2D eigenvalue weighted by Gasteiger charge is -2.34. The number of likely N-dealkylation sites (tertiary alicyclic amines) is 1. The van der Waals surface area contributed by atoms with Crippen LogP contribution in [0.4, 0.5) is 0 Å². The van der Waals surface area contributed by atoms with Crippen LogP contribution in [0.25, 0.3) is 10.4 Å². The first kappa shape index (κ1) is 43.3. The number of carbonyl (C=O) groups excluding carboxylic acids is 4. The first-order valence-corrected chi connectivity index (χ1v) is 18.9. The van der Waals surface area contributed by atoms with Gasteiger partial charge in [-0.05, 0) is 29.9 Å². The van der Waals surface area contributed by atoms with E-state index in [4.69, 9.17) is 29.4 Å². The fraction of sp³-hybridized carbons (Fsp3) is 0.658. The van der Waals surface area contributed by atoms with Crippen molar-refractivity contribution in [1.82, 2.24) is 9.88 Å². The molecule has 1 aromatic heterocycles. The number of β-amino-alcohol motifs (C(OH)–C–C–N with tert-alkyl or cyclic N) is 1. The monoisotopic (exact) mass is 747 g/mol. The average molecular weight is 748 g/mol. The molecule has 52 heavy (non-hydrogen) atoms. The van der Waals surface area contributed by atoms with Crippen molar-refractivity contribution in [3.63, 3.8) is 0 Å². The van der Waals surface area contributed by atoms with Crippen molar-refractivity contribution < 1.29 is 48.0 Å². The van der Waals surface area contributed by atoms with Gasteiger partial charge in [0.05, 0.1) is 94.3 Å². The van der Waals surface area contributed by atoms with E-state index >= 15 is 0 Å². The summed E-state index contributed by atoms with van der Waals surface area (Å²) in [6, 6.07) is 7.39. The number of hydrogen-bond acceptors (Lipinski definition) is 12. The van der Waals surface area contributed by atoms with Crippen LogP contribution >= 0.6 is 11.3 Å². The van der Waals surface area contributed by atoms with Gasteiger partial charge in [-0.3, -0.25) is 19.2 Å². The van der Waals surface area contributed by atoms with Gasteiger partial charge in [-0.25, -0.2) is 4.98 Å². The second-order valence-corrected chi connectivity index (χ2v) is 14.9. The van der Waals surface area contributed by atoms with Crippen LogP contribution in [0, 0.1) is 18.3 Å². The molecule has 13 nitrogen and oxygen atoms in total. The average Bonchev–Trinajstić information content (AvgIpc) is 3.72. The Morgan fingerprint density at radius 3 is 1.90 bits per heavy atom. The molecule has 1 fully saturated rings. The highest BCUT2D eigenvalue weighted by Gasteiger charge is 2.44. The van der Waals surface area contributed by atoms with Crippen molar-refractivity contribution >= 4 is 34.7 Å². The predicted molar refractivity (Wildman–Crippen MR) is 197 cm³/mol. The summed E-state index contributed by atoms with van der Waals surface area (Å²) in [6.07, 6.45) is 0.581. The van der Waals surface area contributed by atoms with E-state index in [-0.39, 0.29) is 69.3 Å². The van der Waals surface area contributed by atoms with E-state index in [0.29, 0.717) is 59.3 Å². The summed E-state index contributed by atoms with van der Waals surface area (Å²) in [5.74, 6) is -1.49. The van der Waals surface area contributed by atoms with Crippen molar-refractivity contribution in [2.75, 3.05) is 72.6 Å². The third kappa shape index (κ3) is 15.5. The van der Waals surface area contributed by atoms with Gasteiger partial charge < -0.3 is 39.4 Å². The fourth-order valence-corrected chi connectivity index (χ4v) is 6.64. The minimum Gasteiger partial charge on any atom is -0.391 e. The number of nitrogens with two attached hydrogens (primary N) is 1. The summed E-state index contributed by atoms with van der Waals surface area (Å²) >= 11 is 1.59. The first-order valence-electron chi connectivity index (χ1n) is 18.1. The number of aliphatic hydroxyl groups excluding tert-OH is 1. The Morgan fingerprint density at radius 1 is 0.865 bits per heavy atom. The minimum absolute atomic E-state index is 0.0324. The van der Waals surface area contributed by atoms with Gasteiger partial charge in [0.1, 0.15) is 5.78 Å². The van der Waals surface area contributed by atoms with Gasteiger partial charge >= 0.3 is 0 Å². The third-order valence-electron chi connectivity index (χ3n) is 8.84. The Morgan fingerprint density at radius 2 is 1.40 bits per heavy atom. The topological polar surface area (TPSA) is 177 Å². The normalized spacial score (nSPS) is 16.7. The van der Waals surface area contributed by atoms with Crippen LogP contribution in [-0.2, 0) is 49.3 Å². The van der Waals surface area contributed by atoms with E-state index in [2.05, 4.69) is 4.98 Å². The number of aryl methyl sites for hydroxylation is 2. The number of rotatable bonds is 26. The van der Waals surface area contributed by atoms with Gasteiger partial charge in [-0.2, -0.15) is 0 Å². The first-order chi connectivity index (χ1) is 24.9. The Balaban J connectivity index is 1.32. The molecule has 2 amide bonds. The molecule has 0 radical (unpaired) electrons. The van der Waals surface area contributed by atoms with Gasteiger partial charge in [0.2, 0.25) is 11.8 Å². The lowest BCUT2D eigenvalue weighted by molar-refractivity contribution is -0.146. The SMILES string of the molecule is Cc1ncsc1-c1ccc(CCC(=O)[C@@H]2C[C@@H](O)CN2C(=O)[C@@H](CC(=O)CCOCCOCCOCCOCCOCCC(N)=O)C(C)(C)C)cc1. The van der Waals surface area contributed by atoms with Gasteiger partial charge in [0.25, 0.3) is 0 Å². The van der Waals surface area contributed by atoms with E-state index in [1.807, 2.05) is 57.5 Å². The standard InChI is InChI=1S/C38H57N3O10S/c1-27-36(52-26-40-27)29-8-5-28(6-9-29)7-10-34(44)33-24-31(43)25-41(33)37(46)32(38(2,3)4)23-30(42)11-13-47-15-17-49-19-21-51-22-20-50-18-16-48-14-12-35(39)45/h5-6,8-9,26,31-33,43H,7,10-25H2,1-4H3,(H2,39,45)/t31-,32-,33+/m1/s1. The maximum Gasteiger partial charge on any atom is 0.227 e. The quantitative estimate of drug-likeness (QED) is 0.135. The van der Waals surface area contributed by atoms with Gasteiger partial charge in [-0.15, -0.1) is 11.3 Å². The molecule has 0 unspecified atom stereocenters. The maximum atomic E-state index is 13.9. The molecule has 0 aliphatic carbocycles. The summed E-state index contributed by atoms with van der Waals surface area (Å²) in [6.45, 7) is 11.4. The molecule has 2 aromatic rings. The van der Waals surface area contributed by atoms with Gasteiger partial charge in [0, 0.05) is 44.6 Å². The molecule has 2 heterocycles. The summed E-state index contributed by atoms with van der Waals surface area (Å²) in [5, 5.41) is 10.5. The largest absolute Gasteiger partial charge is 0.391 e. The van der Waals surface area contributed by atoms with Crippen molar-refractivity contribution in [2.45, 2.75) is 78.4 Å². The number of aliphatic hydroxyl groups is 1. The predicted octanol–water partition coefficient (Wildman–Crippen LogP) is 3.55. The van der Waals surface area contributed by atoms with Crippen LogP contribution in [0.1, 0.15) is 64.1 Å². The van der Waals surface area contributed by atoms with Crippen LogP contribution in [0.3, 0.4) is 0 Å². The Labute approximate surface area is 311 Å². The molecular weight excluding hydrogens is 690 g/mol. The number of thiazole rings is 1. The van der Waals surface area contributed by atoms with E-state index in [1.54, 1.807) is 11.3 Å². The molecule has 1 aliphatic heterocycles. The van der Waals surface area contributed by atoms with Crippen molar-refractivity contribution in [3.05, 3.63) is 41.0 Å². The number of hydrogen-bond donors (Lipinski definition) is 2. The molecule has 1 aliphatic rings. The van der Waals surface area contributed by atoms with E-state index in [0.717, 1.165) is 21.7 Å². The molecule has 3 atom stereocenters. The number of carbonyl (C=O) groups is 4. The zero-order valence-corrected chi connectivity index (χ0v) is 32.0. The molecule has 0 saturated carbocycles. The summed E-state index contributed by atoms with van der Waals surface area (Å²) in [5.41, 5.74) is 9.43. The smallest absolute Gasteiger partial charge is 0.227 e. The fourth-order valence-electron chi connectivity index (χ4n) is 5.83. The lowest BCUT2D eigenvalue weighted by Crippen LogP contribution is -2.47. The van der Waals surface area contributed by atoms with Crippen molar-refractivity contribution in [3.8, 4) is 10.4 Å². The highest BCUT2D eigenvalue weighted by atomic mass is 32.1. The van der Waals surface area contributed by atoms with Crippen molar-refractivity contribution in [2.24, 2.45) is 17.1 Å². The molecule has 1 saturated heterocycles. The van der Waals surface area contributed by atoms with Crippen LogP contribution in [-0.4, -0.2) is 123 Å². The number of aromatic nitrogens is 1. The molecule has 3 N–H and O–H groups in total. The molecular formula is C38H57N3O10S. The van der Waals surface area contributed by atoms with E-state index < -0.39 is 29.4 Å². The van der Waals surface area contributed by atoms with Gasteiger partial charge in [0.15, 0.2) is 5.78 Å². The molecule has 1 aromatic carbocycles. The Kier molecular flexibility index (Phi) is 19.0. The summed E-state index contributed by atoms with van der Waals surface area (Å²) < 4.78 is 27.1. The number of Topliss-reactive ketones (excluding diaryl/α,β-unsaturated/α-hetero) is 2. The van der Waals surface area contributed by atoms with E-state index in [9.17, 15) is 24.3 Å². The number of benzene rings is 1. The molecule has 290 valence electrons. The zero-order chi connectivity index (χ0) is 37.9. The highest BCUT2D eigenvalue weighted by Crippen LogP contribution is 2.34. The minimum atomic E-state index is -0.787. The zero-order valence-electron chi connectivity index (χ0n) is 31.1. The number of amides is 2. The number of primary amides is 1. The van der Waals surface area contributed by atoms with Crippen LogP contribution in [0.5, 0.6) is 0 Å². The number of nitrogens with zero attached hydrogens (tertiary/aromatic N) is 2. The van der Waals surface area contributed by atoms with Crippen LogP contribution in [0.15, 0.2) is 29.8 Å². The lowest BCUT2D eigenvalue weighted by atomic mass is 9.76. The molecule has 0 bridgehead atoms. The Bertz CT molecular complexity index is 1390. The molecule has 14 heteroatoms. The Hall–Kier alpha value is -3.11.